The first-order valence-corrected chi connectivity index (χ1v) is 17.3. The van der Waals surface area contributed by atoms with Crippen molar-refractivity contribution in [2.75, 3.05) is 0 Å². The van der Waals surface area contributed by atoms with Crippen LogP contribution in [0.3, 0.4) is 0 Å². The quantitative estimate of drug-likeness (QED) is 0.392. The molecule has 0 spiro atoms. The Bertz CT molecular complexity index is 1230. The molecular weight excluding hydrogens is 502 g/mol. The highest BCUT2D eigenvalue weighted by Crippen LogP contribution is 2.45. The minimum atomic E-state index is -4.31. The summed E-state index contributed by atoms with van der Waals surface area (Å²) in [5.74, 6) is 0.785. The van der Waals surface area contributed by atoms with Gasteiger partial charge in [0, 0.05) is 0 Å². The van der Waals surface area contributed by atoms with Crippen molar-refractivity contribution >= 4 is 20.0 Å². The highest BCUT2D eigenvalue weighted by molar-refractivity contribution is 8.04. The third-order valence-electron chi connectivity index (χ3n) is 8.88. The Hall–Kier alpha value is -1.70. The Labute approximate surface area is 223 Å². The van der Waals surface area contributed by atoms with Gasteiger partial charge in [0.2, 0.25) is 0 Å². The van der Waals surface area contributed by atoms with Crippen molar-refractivity contribution in [3.8, 4) is 0 Å². The number of sulfonamides is 2. The van der Waals surface area contributed by atoms with Crippen LogP contribution in [-0.4, -0.2) is 16.8 Å². The van der Waals surface area contributed by atoms with E-state index >= 15 is 0 Å². The summed E-state index contributed by atoms with van der Waals surface area (Å²) in [4.78, 5) is 0.237. The topological polar surface area (TPSA) is 80.3 Å². The average Bonchev–Trinajstić information content (AvgIpc) is 2.94. The summed E-state index contributed by atoms with van der Waals surface area (Å²) in [6.45, 7) is 0. The molecule has 0 atom stereocenters. The summed E-state index contributed by atoms with van der Waals surface area (Å²) in [5.41, 5.74) is 3.03. The standard InChI is InChI=1S/C30H41NO4S2/c32-36(33,27-19-11-4-12-20-27)31-37(34,35)30-28(24-15-7-2-8-16-24)21-26(23-13-5-1-6-14-23)22-29(30)25-17-9-3-10-18-25/h4,11-12,19-25,31H,1-3,5-10,13-18H2. The first-order chi connectivity index (χ1) is 17.9. The van der Waals surface area contributed by atoms with Crippen LogP contribution >= 0.6 is 0 Å². The molecule has 0 unspecified atom stereocenters. The van der Waals surface area contributed by atoms with Crippen molar-refractivity contribution in [2.24, 2.45) is 0 Å². The molecule has 3 aliphatic carbocycles. The summed E-state index contributed by atoms with van der Waals surface area (Å²) >= 11 is 0. The van der Waals surface area contributed by atoms with Gasteiger partial charge >= 0.3 is 0 Å². The minimum Gasteiger partial charge on any atom is -0.206 e. The average molecular weight is 544 g/mol. The molecular formula is C30H41NO4S2. The van der Waals surface area contributed by atoms with Gasteiger partial charge in [0.05, 0.1) is 9.79 Å². The first-order valence-electron chi connectivity index (χ1n) is 14.4. The summed E-state index contributed by atoms with van der Waals surface area (Å²) in [6.07, 6.45) is 16.6. The summed E-state index contributed by atoms with van der Waals surface area (Å²) in [7, 11) is -8.54. The van der Waals surface area contributed by atoms with Gasteiger partial charge in [0.15, 0.2) is 0 Å². The summed E-state index contributed by atoms with van der Waals surface area (Å²) < 4.78 is 56.9. The van der Waals surface area contributed by atoms with Crippen molar-refractivity contribution < 1.29 is 16.8 Å². The molecule has 3 saturated carbocycles. The number of hydrogen-bond donors (Lipinski definition) is 1. The van der Waals surface area contributed by atoms with Crippen molar-refractivity contribution in [3.63, 3.8) is 0 Å². The molecule has 0 heterocycles. The van der Waals surface area contributed by atoms with Crippen molar-refractivity contribution in [1.29, 1.82) is 0 Å². The maximum Gasteiger partial charge on any atom is 0.254 e. The second-order valence-corrected chi connectivity index (χ2v) is 15.0. The van der Waals surface area contributed by atoms with Gasteiger partial charge in [-0.1, -0.05) is 88.1 Å². The van der Waals surface area contributed by atoms with Gasteiger partial charge in [-0.25, -0.2) is 16.8 Å². The lowest BCUT2D eigenvalue weighted by atomic mass is 9.76. The zero-order valence-electron chi connectivity index (χ0n) is 21.8. The molecule has 1 N–H and O–H groups in total. The minimum absolute atomic E-state index is 0.0316. The second-order valence-electron chi connectivity index (χ2n) is 11.4. The van der Waals surface area contributed by atoms with E-state index in [9.17, 15) is 16.8 Å². The Morgan fingerprint density at radius 3 is 1.43 bits per heavy atom. The highest BCUT2D eigenvalue weighted by atomic mass is 32.3. The molecule has 3 fully saturated rings. The van der Waals surface area contributed by atoms with E-state index in [-0.39, 0.29) is 21.6 Å². The molecule has 0 radical (unpaired) electrons. The number of nitrogens with one attached hydrogen (secondary N) is 1. The monoisotopic (exact) mass is 543 g/mol. The third-order valence-corrected chi connectivity index (χ3v) is 12.5. The van der Waals surface area contributed by atoms with Crippen LogP contribution in [0.5, 0.6) is 0 Å². The van der Waals surface area contributed by atoms with Crippen LogP contribution < -0.4 is 4.13 Å². The smallest absolute Gasteiger partial charge is 0.206 e. The summed E-state index contributed by atoms with van der Waals surface area (Å²) in [6, 6.07) is 12.2. The molecule has 202 valence electrons. The predicted octanol–water partition coefficient (Wildman–Crippen LogP) is 7.50. The van der Waals surface area contributed by atoms with Crippen LogP contribution in [0.1, 0.15) is 131 Å². The molecule has 0 bridgehead atoms. The van der Waals surface area contributed by atoms with Gasteiger partial charge in [-0.05, 0) is 85.1 Å². The molecule has 5 nitrogen and oxygen atoms in total. The molecule has 0 aliphatic heterocycles. The van der Waals surface area contributed by atoms with Gasteiger partial charge in [-0.2, -0.15) is 0 Å². The molecule has 3 aliphatic rings. The van der Waals surface area contributed by atoms with E-state index in [4.69, 9.17) is 0 Å². The largest absolute Gasteiger partial charge is 0.254 e. The number of rotatable bonds is 7. The van der Waals surface area contributed by atoms with Crippen LogP contribution in [0.2, 0.25) is 0 Å². The highest BCUT2D eigenvalue weighted by Gasteiger charge is 2.35. The predicted molar refractivity (Wildman–Crippen MR) is 148 cm³/mol. The van der Waals surface area contributed by atoms with Crippen molar-refractivity contribution in [3.05, 3.63) is 59.2 Å². The van der Waals surface area contributed by atoms with E-state index < -0.39 is 20.0 Å². The maximum absolute atomic E-state index is 14.1. The lowest BCUT2D eigenvalue weighted by Gasteiger charge is -2.32. The van der Waals surface area contributed by atoms with E-state index in [0.717, 1.165) is 75.3 Å². The molecule has 5 rings (SSSR count). The van der Waals surface area contributed by atoms with Gasteiger partial charge in [-0.15, -0.1) is 4.13 Å². The van der Waals surface area contributed by atoms with E-state index in [2.05, 4.69) is 16.3 Å². The van der Waals surface area contributed by atoms with Gasteiger partial charge in [0.1, 0.15) is 0 Å². The molecule has 0 amide bonds. The van der Waals surface area contributed by atoms with Gasteiger partial charge in [0.25, 0.3) is 20.0 Å². The second kappa shape index (κ2) is 11.6. The van der Waals surface area contributed by atoms with Crippen LogP contribution in [-0.2, 0) is 20.0 Å². The van der Waals surface area contributed by atoms with Crippen molar-refractivity contribution in [1.82, 2.24) is 4.13 Å². The van der Waals surface area contributed by atoms with E-state index in [1.807, 2.05) is 0 Å². The molecule has 7 heteroatoms. The Morgan fingerprint density at radius 1 is 0.541 bits per heavy atom. The Balaban J connectivity index is 1.66. The molecule has 0 aromatic heterocycles. The van der Waals surface area contributed by atoms with Crippen LogP contribution in [0, 0.1) is 0 Å². The SMILES string of the molecule is O=S(=O)(NS(=O)(=O)c1c(C2CCCCC2)cc(C2CCCCC2)cc1C1CCCCC1)c1ccccc1. The third kappa shape index (κ3) is 6.15. The molecule has 2 aromatic carbocycles. The fraction of sp³-hybridized carbons (Fsp3) is 0.600. The van der Waals surface area contributed by atoms with Crippen LogP contribution in [0.4, 0.5) is 0 Å². The van der Waals surface area contributed by atoms with Crippen LogP contribution in [0.15, 0.2) is 52.3 Å². The normalized spacial score (nSPS) is 21.2. The Kier molecular flexibility index (Phi) is 8.42. The van der Waals surface area contributed by atoms with Crippen LogP contribution in [0.25, 0.3) is 0 Å². The lowest BCUT2D eigenvalue weighted by Crippen LogP contribution is -2.33. The fourth-order valence-electron chi connectivity index (χ4n) is 6.95. The van der Waals surface area contributed by atoms with E-state index in [0.29, 0.717) is 5.92 Å². The summed E-state index contributed by atoms with van der Waals surface area (Å²) in [5, 5.41) is 0. The molecule has 0 saturated heterocycles. The number of benzene rings is 2. The molecule has 37 heavy (non-hydrogen) atoms. The zero-order chi connectivity index (χ0) is 25.9. The fourth-order valence-corrected chi connectivity index (χ4v) is 10.4. The van der Waals surface area contributed by atoms with Crippen molar-refractivity contribution in [2.45, 2.75) is 124 Å². The van der Waals surface area contributed by atoms with Gasteiger partial charge < -0.3 is 0 Å². The lowest BCUT2D eigenvalue weighted by molar-refractivity contribution is 0.419. The zero-order valence-corrected chi connectivity index (χ0v) is 23.5. The Morgan fingerprint density at radius 2 is 0.973 bits per heavy atom. The number of hydrogen-bond acceptors (Lipinski definition) is 4. The van der Waals surface area contributed by atoms with E-state index in [1.165, 1.54) is 49.8 Å². The van der Waals surface area contributed by atoms with E-state index in [1.54, 1.807) is 18.2 Å². The maximum atomic E-state index is 14.1. The molecule has 2 aromatic rings. The van der Waals surface area contributed by atoms with Gasteiger partial charge in [-0.3, -0.25) is 0 Å². The first kappa shape index (κ1) is 26.9.